The Morgan fingerprint density at radius 3 is 1.56 bits per heavy atom. The number of hydrogen-bond acceptors (Lipinski definition) is 4. The molecular weight excluding hydrogens is 316 g/mol. The lowest BCUT2D eigenvalue weighted by molar-refractivity contribution is -0.185. The summed E-state index contributed by atoms with van der Waals surface area (Å²) in [7, 11) is 0. The van der Waals surface area contributed by atoms with Crippen LogP contribution in [0.3, 0.4) is 0 Å². The van der Waals surface area contributed by atoms with Gasteiger partial charge in [0, 0.05) is 0 Å². The minimum absolute atomic E-state index is 0.0790. The van der Waals surface area contributed by atoms with E-state index in [4.69, 9.17) is 9.47 Å². The molecule has 4 heteroatoms. The van der Waals surface area contributed by atoms with E-state index < -0.39 is 10.8 Å². The van der Waals surface area contributed by atoms with Crippen LogP contribution in [-0.4, -0.2) is 25.2 Å². The van der Waals surface area contributed by atoms with Crippen LogP contribution in [-0.2, 0) is 19.1 Å². The minimum Gasteiger partial charge on any atom is -0.465 e. The summed E-state index contributed by atoms with van der Waals surface area (Å²) in [6, 6.07) is 0. The highest BCUT2D eigenvalue weighted by molar-refractivity contribution is 5.91. The van der Waals surface area contributed by atoms with E-state index in [1.165, 1.54) is 0 Å². The molecule has 0 aromatic rings. The van der Waals surface area contributed by atoms with Crippen molar-refractivity contribution in [3.63, 3.8) is 0 Å². The number of esters is 2. The van der Waals surface area contributed by atoms with Crippen molar-refractivity contribution in [2.24, 2.45) is 22.7 Å². The van der Waals surface area contributed by atoms with Crippen molar-refractivity contribution in [1.29, 1.82) is 0 Å². The first-order valence-corrected chi connectivity index (χ1v) is 10.1. The van der Waals surface area contributed by atoms with Gasteiger partial charge in [-0.05, 0) is 43.9 Å². The van der Waals surface area contributed by atoms with Crippen LogP contribution >= 0.6 is 0 Å². The van der Waals surface area contributed by atoms with Gasteiger partial charge in [-0.15, -0.1) is 0 Å². The molecule has 2 bridgehead atoms. The third-order valence-electron chi connectivity index (χ3n) is 6.45. The maximum Gasteiger partial charge on any atom is 0.313 e. The number of fused-ring (bicyclic) bond motifs is 2. The molecule has 4 nitrogen and oxygen atoms in total. The Morgan fingerprint density at radius 1 is 0.840 bits per heavy atom. The summed E-state index contributed by atoms with van der Waals surface area (Å²) in [5.41, 5.74) is -1.56. The Hall–Kier alpha value is -1.32. The third-order valence-corrected chi connectivity index (χ3v) is 6.45. The van der Waals surface area contributed by atoms with Gasteiger partial charge in [-0.2, -0.15) is 0 Å². The highest BCUT2D eigenvalue weighted by Gasteiger charge is 2.72. The van der Waals surface area contributed by atoms with Crippen molar-refractivity contribution in [1.82, 2.24) is 0 Å². The highest BCUT2D eigenvalue weighted by Crippen LogP contribution is 2.67. The Kier molecular flexibility index (Phi) is 6.70. The summed E-state index contributed by atoms with van der Waals surface area (Å²) < 4.78 is 11.3. The molecule has 0 N–H and O–H groups in total. The zero-order valence-electron chi connectivity index (χ0n) is 16.3. The molecule has 0 aromatic carbocycles. The van der Waals surface area contributed by atoms with Crippen LogP contribution in [0.25, 0.3) is 0 Å². The maximum absolute atomic E-state index is 13.2. The van der Waals surface area contributed by atoms with Gasteiger partial charge in [0.25, 0.3) is 0 Å². The molecule has 2 rings (SSSR count). The molecule has 0 aliphatic heterocycles. The number of hydrogen-bond donors (Lipinski definition) is 0. The summed E-state index contributed by atoms with van der Waals surface area (Å²) in [4.78, 5) is 26.4. The minimum atomic E-state index is -0.780. The van der Waals surface area contributed by atoms with Gasteiger partial charge in [0.2, 0.25) is 0 Å². The van der Waals surface area contributed by atoms with Gasteiger partial charge in [0.1, 0.15) is 0 Å². The molecule has 1 saturated carbocycles. The third kappa shape index (κ3) is 3.02. The van der Waals surface area contributed by atoms with Crippen LogP contribution in [0.15, 0.2) is 12.2 Å². The predicted molar refractivity (Wildman–Crippen MR) is 97.9 cm³/mol. The van der Waals surface area contributed by atoms with E-state index in [0.717, 1.165) is 32.1 Å². The molecule has 0 saturated heterocycles. The number of carbonyl (C=O) groups is 2. The van der Waals surface area contributed by atoms with E-state index in [-0.39, 0.29) is 23.8 Å². The van der Waals surface area contributed by atoms with E-state index in [1.54, 1.807) is 0 Å². The van der Waals surface area contributed by atoms with Gasteiger partial charge in [0.15, 0.2) is 0 Å². The summed E-state index contributed by atoms with van der Waals surface area (Å²) in [6.07, 6.45) is 10.0. The Labute approximate surface area is 152 Å². The van der Waals surface area contributed by atoms with E-state index in [0.29, 0.717) is 26.1 Å². The average molecular weight is 350 g/mol. The van der Waals surface area contributed by atoms with Crippen LogP contribution in [0.2, 0.25) is 0 Å². The fraction of sp³-hybridized carbons (Fsp3) is 0.810. The van der Waals surface area contributed by atoms with Crippen molar-refractivity contribution in [2.45, 2.75) is 72.6 Å². The molecule has 0 aromatic heterocycles. The fourth-order valence-electron chi connectivity index (χ4n) is 5.08. The topological polar surface area (TPSA) is 52.6 Å². The standard InChI is InChI=1S/C21H34O4/c1-5-9-13-24-18(22)20(7-3)16-11-12-17(15-16)21(20,8-4)19(23)25-14-10-6-2/h11-12,16-17H,5-10,13-15H2,1-4H3. The lowest BCUT2D eigenvalue weighted by Crippen LogP contribution is -2.55. The first-order valence-electron chi connectivity index (χ1n) is 10.1. The second-order valence-electron chi connectivity index (χ2n) is 7.46. The van der Waals surface area contributed by atoms with Crippen molar-refractivity contribution in [3.05, 3.63) is 12.2 Å². The van der Waals surface area contributed by atoms with Crippen molar-refractivity contribution in [2.75, 3.05) is 13.2 Å². The van der Waals surface area contributed by atoms with Crippen LogP contribution in [0, 0.1) is 22.7 Å². The molecule has 25 heavy (non-hydrogen) atoms. The molecular formula is C21H34O4. The first kappa shape index (κ1) is 20.0. The lowest BCUT2D eigenvalue weighted by Gasteiger charge is -2.47. The number of carbonyl (C=O) groups excluding carboxylic acids is 2. The summed E-state index contributed by atoms with van der Waals surface area (Å²) >= 11 is 0. The molecule has 4 atom stereocenters. The van der Waals surface area contributed by atoms with Crippen molar-refractivity contribution in [3.8, 4) is 0 Å². The zero-order chi connectivity index (χ0) is 18.5. The molecule has 0 spiro atoms. The van der Waals surface area contributed by atoms with Gasteiger partial charge < -0.3 is 9.47 Å². The van der Waals surface area contributed by atoms with E-state index >= 15 is 0 Å². The number of ether oxygens (including phenoxy) is 2. The quantitative estimate of drug-likeness (QED) is 0.326. The van der Waals surface area contributed by atoms with Gasteiger partial charge >= 0.3 is 11.9 Å². The van der Waals surface area contributed by atoms with Crippen LogP contribution in [0.4, 0.5) is 0 Å². The highest BCUT2D eigenvalue weighted by atomic mass is 16.5. The normalized spacial score (nSPS) is 32.8. The van der Waals surface area contributed by atoms with Crippen LogP contribution < -0.4 is 0 Å². The van der Waals surface area contributed by atoms with Gasteiger partial charge in [-0.1, -0.05) is 52.7 Å². The lowest BCUT2D eigenvalue weighted by atomic mass is 9.55. The van der Waals surface area contributed by atoms with Crippen molar-refractivity contribution >= 4 is 11.9 Å². The SMILES string of the molecule is CCCCOC(=O)C1(CC)C2C=CC(C2)C1(CC)C(=O)OCCCC. The summed E-state index contributed by atoms with van der Waals surface area (Å²) in [6.45, 7) is 9.04. The Balaban J connectivity index is 2.35. The molecule has 4 unspecified atom stereocenters. The molecule has 2 aliphatic carbocycles. The maximum atomic E-state index is 13.2. The smallest absolute Gasteiger partial charge is 0.313 e. The predicted octanol–water partition coefficient (Wildman–Crippen LogP) is 4.67. The molecule has 2 aliphatic rings. The van der Waals surface area contributed by atoms with E-state index in [2.05, 4.69) is 26.0 Å². The van der Waals surface area contributed by atoms with E-state index in [1.807, 2.05) is 13.8 Å². The fourth-order valence-corrected chi connectivity index (χ4v) is 5.08. The Bertz CT molecular complexity index is 468. The number of rotatable bonds is 10. The average Bonchev–Trinajstić information content (AvgIpc) is 3.20. The second kappa shape index (κ2) is 8.37. The molecule has 1 fully saturated rings. The molecule has 0 amide bonds. The largest absolute Gasteiger partial charge is 0.465 e. The van der Waals surface area contributed by atoms with E-state index in [9.17, 15) is 9.59 Å². The number of allylic oxidation sites excluding steroid dienone is 2. The van der Waals surface area contributed by atoms with Crippen molar-refractivity contribution < 1.29 is 19.1 Å². The summed E-state index contributed by atoms with van der Waals surface area (Å²) in [5, 5.41) is 0. The monoisotopic (exact) mass is 350 g/mol. The molecule has 142 valence electrons. The van der Waals surface area contributed by atoms with Gasteiger partial charge in [-0.3, -0.25) is 9.59 Å². The van der Waals surface area contributed by atoms with Crippen LogP contribution in [0.1, 0.15) is 72.6 Å². The molecule has 0 radical (unpaired) electrons. The molecule has 0 heterocycles. The number of unbranched alkanes of at least 4 members (excludes halogenated alkanes) is 2. The Morgan fingerprint density at radius 2 is 1.24 bits per heavy atom. The summed E-state index contributed by atoms with van der Waals surface area (Å²) in [5.74, 6) is -0.241. The first-order chi connectivity index (χ1) is 12.0. The van der Waals surface area contributed by atoms with Crippen LogP contribution in [0.5, 0.6) is 0 Å². The zero-order valence-corrected chi connectivity index (χ0v) is 16.3. The second-order valence-corrected chi connectivity index (χ2v) is 7.46. The van der Waals surface area contributed by atoms with Gasteiger partial charge in [0.05, 0.1) is 24.0 Å². The van der Waals surface area contributed by atoms with Gasteiger partial charge in [-0.25, -0.2) is 0 Å².